The van der Waals surface area contributed by atoms with Crippen molar-refractivity contribution in [1.82, 2.24) is 4.90 Å². The molecule has 0 radical (unpaired) electrons. The number of carbonyl (C=O) groups is 2. The van der Waals surface area contributed by atoms with Gasteiger partial charge in [0.15, 0.2) is 11.5 Å². The van der Waals surface area contributed by atoms with Crippen LogP contribution in [0.3, 0.4) is 0 Å². The summed E-state index contributed by atoms with van der Waals surface area (Å²) in [7, 11) is 0. The molecule has 26 heavy (non-hydrogen) atoms. The van der Waals surface area contributed by atoms with Crippen LogP contribution in [0.2, 0.25) is 0 Å². The number of thioether (sulfide) groups is 1. The molecule has 0 unspecified atom stereocenters. The first-order valence-electron chi connectivity index (χ1n) is 8.68. The number of benzene rings is 1. The summed E-state index contributed by atoms with van der Waals surface area (Å²) in [6, 6.07) is 3.57. The van der Waals surface area contributed by atoms with Gasteiger partial charge >= 0.3 is 0 Å². The van der Waals surface area contributed by atoms with Crippen molar-refractivity contribution >= 4 is 44.9 Å². The van der Waals surface area contributed by atoms with Gasteiger partial charge in [-0.25, -0.2) is 0 Å². The first kappa shape index (κ1) is 20.8. The van der Waals surface area contributed by atoms with Gasteiger partial charge in [0.2, 0.25) is 0 Å². The molecule has 1 aliphatic rings. The monoisotopic (exact) mass is 441 g/mol. The molecular weight excluding hydrogens is 418 g/mol. The Hall–Kier alpha value is -1.47. The number of hydrogen-bond donors (Lipinski definition) is 0. The lowest BCUT2D eigenvalue weighted by molar-refractivity contribution is -0.124. The van der Waals surface area contributed by atoms with E-state index in [1.54, 1.807) is 6.08 Å². The van der Waals surface area contributed by atoms with E-state index in [0.29, 0.717) is 23.0 Å². The van der Waals surface area contributed by atoms with Crippen molar-refractivity contribution in [1.29, 1.82) is 0 Å². The Morgan fingerprint density at radius 1 is 1.23 bits per heavy atom. The summed E-state index contributed by atoms with van der Waals surface area (Å²) < 4.78 is 12.3. The van der Waals surface area contributed by atoms with Crippen molar-refractivity contribution in [2.24, 2.45) is 0 Å². The zero-order valence-corrected chi connectivity index (χ0v) is 18.1. The summed E-state index contributed by atoms with van der Waals surface area (Å²) in [5.74, 6) is 0.987. The van der Waals surface area contributed by atoms with Crippen molar-refractivity contribution in [2.75, 3.05) is 6.61 Å². The van der Waals surface area contributed by atoms with Crippen LogP contribution in [0.4, 0.5) is 4.79 Å². The highest BCUT2D eigenvalue weighted by Gasteiger charge is 2.37. The highest BCUT2D eigenvalue weighted by atomic mass is 79.9. The molecule has 0 saturated carbocycles. The Bertz CT molecular complexity index is 732. The molecule has 1 aromatic rings. The third-order valence-corrected chi connectivity index (χ3v) is 5.31. The molecule has 7 heteroatoms. The second kappa shape index (κ2) is 8.95. The van der Waals surface area contributed by atoms with E-state index in [1.165, 1.54) is 4.90 Å². The number of nitrogens with zero attached hydrogens (tertiary/aromatic N) is 1. The number of halogens is 1. The van der Waals surface area contributed by atoms with Gasteiger partial charge in [0.25, 0.3) is 11.1 Å². The molecule has 0 aromatic heterocycles. The Morgan fingerprint density at radius 3 is 2.50 bits per heavy atom. The van der Waals surface area contributed by atoms with E-state index >= 15 is 0 Å². The number of rotatable bonds is 7. The Labute approximate surface area is 167 Å². The van der Waals surface area contributed by atoms with Gasteiger partial charge in [0.05, 0.1) is 22.1 Å². The van der Waals surface area contributed by atoms with Gasteiger partial charge in [0, 0.05) is 6.04 Å². The van der Waals surface area contributed by atoms with E-state index < -0.39 is 0 Å². The van der Waals surface area contributed by atoms with Crippen molar-refractivity contribution in [3.8, 4) is 11.5 Å². The Balaban J connectivity index is 2.39. The lowest BCUT2D eigenvalue weighted by atomic mass is 10.1. The van der Waals surface area contributed by atoms with Gasteiger partial charge in [-0.3, -0.25) is 14.5 Å². The molecule has 0 bridgehead atoms. The molecule has 0 aliphatic carbocycles. The summed E-state index contributed by atoms with van der Waals surface area (Å²) in [6.07, 6.45) is 2.45. The van der Waals surface area contributed by atoms with Gasteiger partial charge in [-0.15, -0.1) is 0 Å². The third kappa shape index (κ3) is 4.62. The number of carbonyl (C=O) groups excluding carboxylic acids is 2. The minimum atomic E-state index is -0.245. The van der Waals surface area contributed by atoms with Crippen LogP contribution in [0.5, 0.6) is 11.5 Å². The molecule has 5 nitrogen and oxygen atoms in total. The lowest BCUT2D eigenvalue weighted by Crippen LogP contribution is -2.36. The second-order valence-electron chi connectivity index (χ2n) is 6.24. The lowest BCUT2D eigenvalue weighted by Gasteiger charge is -2.19. The topological polar surface area (TPSA) is 55.8 Å². The third-order valence-electron chi connectivity index (χ3n) is 3.84. The molecular formula is C19H24BrNO4S. The van der Waals surface area contributed by atoms with E-state index in [-0.39, 0.29) is 23.3 Å². The molecule has 1 saturated heterocycles. The standard InChI is InChI=1S/C19H24BrNO4S/c1-6-12(5)21-18(22)16(26-19(21)23)10-13-8-14(20)17(25-11(3)4)15(9-13)24-7-2/h8-12H,6-7H2,1-5H3/b16-10+/t12-/m1/s1. The van der Waals surface area contributed by atoms with E-state index in [9.17, 15) is 9.59 Å². The quantitative estimate of drug-likeness (QED) is 0.524. The molecule has 2 rings (SSSR count). The van der Waals surface area contributed by atoms with Crippen LogP contribution < -0.4 is 9.47 Å². The number of ether oxygens (including phenoxy) is 2. The van der Waals surface area contributed by atoms with Crippen molar-refractivity contribution in [3.63, 3.8) is 0 Å². The summed E-state index contributed by atoms with van der Waals surface area (Å²) in [5.41, 5.74) is 0.770. The van der Waals surface area contributed by atoms with E-state index in [4.69, 9.17) is 9.47 Å². The largest absolute Gasteiger partial charge is 0.490 e. The highest BCUT2D eigenvalue weighted by Crippen LogP contribution is 2.40. The van der Waals surface area contributed by atoms with Crippen molar-refractivity contribution in [2.45, 2.75) is 53.2 Å². The number of imide groups is 1. The molecule has 0 N–H and O–H groups in total. The minimum Gasteiger partial charge on any atom is -0.490 e. The molecule has 2 amide bonds. The fraction of sp³-hybridized carbons (Fsp3) is 0.474. The van der Waals surface area contributed by atoms with Gasteiger partial charge < -0.3 is 9.47 Å². The van der Waals surface area contributed by atoms with Crippen LogP contribution in [-0.4, -0.2) is 34.8 Å². The normalized spacial score (nSPS) is 17.3. The van der Waals surface area contributed by atoms with Crippen LogP contribution in [0.25, 0.3) is 6.08 Å². The molecule has 1 atom stereocenters. The molecule has 1 aliphatic heterocycles. The van der Waals surface area contributed by atoms with Gasteiger partial charge in [0.1, 0.15) is 0 Å². The summed E-state index contributed by atoms with van der Waals surface area (Å²) >= 11 is 4.49. The predicted octanol–water partition coefficient (Wildman–Crippen LogP) is 5.47. The highest BCUT2D eigenvalue weighted by molar-refractivity contribution is 9.10. The zero-order valence-electron chi connectivity index (χ0n) is 15.7. The molecule has 1 fully saturated rings. The van der Waals surface area contributed by atoms with E-state index in [0.717, 1.165) is 28.2 Å². The van der Waals surface area contributed by atoms with Crippen LogP contribution in [-0.2, 0) is 4.79 Å². The van der Waals surface area contributed by atoms with E-state index in [1.807, 2.05) is 46.8 Å². The molecule has 1 heterocycles. The van der Waals surface area contributed by atoms with Crippen LogP contribution >= 0.6 is 27.7 Å². The van der Waals surface area contributed by atoms with Crippen LogP contribution in [0, 0.1) is 0 Å². The maximum absolute atomic E-state index is 12.6. The summed E-state index contributed by atoms with van der Waals surface area (Å²) in [5, 5.41) is -0.223. The molecule has 1 aromatic carbocycles. The fourth-order valence-corrected chi connectivity index (χ4v) is 3.96. The van der Waals surface area contributed by atoms with Gasteiger partial charge in [-0.2, -0.15) is 0 Å². The maximum atomic E-state index is 12.6. The molecule has 0 spiro atoms. The smallest absolute Gasteiger partial charge is 0.293 e. The number of amides is 2. The fourth-order valence-electron chi connectivity index (χ4n) is 2.48. The summed E-state index contributed by atoms with van der Waals surface area (Å²) in [4.78, 5) is 26.5. The summed E-state index contributed by atoms with van der Waals surface area (Å²) in [6.45, 7) is 10.1. The SMILES string of the molecule is CCOc1cc(/C=C2/SC(=O)N([C@H](C)CC)C2=O)cc(Br)c1OC(C)C. The van der Waals surface area contributed by atoms with Crippen molar-refractivity contribution in [3.05, 3.63) is 27.1 Å². The molecule has 142 valence electrons. The van der Waals surface area contributed by atoms with Crippen LogP contribution in [0.15, 0.2) is 21.5 Å². The zero-order chi connectivity index (χ0) is 19.4. The van der Waals surface area contributed by atoms with E-state index in [2.05, 4.69) is 15.9 Å². The first-order chi connectivity index (χ1) is 12.3. The predicted molar refractivity (Wildman–Crippen MR) is 109 cm³/mol. The minimum absolute atomic E-state index is 0.00314. The number of hydrogen-bond acceptors (Lipinski definition) is 5. The Kier molecular flexibility index (Phi) is 7.17. The first-order valence-corrected chi connectivity index (χ1v) is 10.3. The van der Waals surface area contributed by atoms with Gasteiger partial charge in [-0.05, 0) is 85.6 Å². The van der Waals surface area contributed by atoms with Gasteiger partial charge in [-0.1, -0.05) is 6.92 Å². The Morgan fingerprint density at radius 2 is 1.92 bits per heavy atom. The van der Waals surface area contributed by atoms with Crippen LogP contribution in [0.1, 0.15) is 46.6 Å². The average Bonchev–Trinajstić information content (AvgIpc) is 2.84. The maximum Gasteiger partial charge on any atom is 0.293 e. The second-order valence-corrected chi connectivity index (χ2v) is 8.09. The van der Waals surface area contributed by atoms with Crippen molar-refractivity contribution < 1.29 is 19.1 Å². The average molecular weight is 442 g/mol.